The second-order valence-electron chi connectivity index (χ2n) is 1.94. The highest BCUT2D eigenvalue weighted by Crippen LogP contribution is 2.03. The van der Waals surface area contributed by atoms with Crippen LogP contribution in [0.2, 0.25) is 0 Å². The maximum absolute atomic E-state index is 10.0. The molecule has 68 valence electrons. The van der Waals surface area contributed by atoms with Crippen LogP contribution in [0.3, 0.4) is 0 Å². The molecule has 0 aromatic heterocycles. The van der Waals surface area contributed by atoms with E-state index in [-0.39, 0.29) is 19.4 Å². The molecule has 1 aliphatic rings. The Balaban J connectivity index is 0.000000217. The molecule has 0 aliphatic carbocycles. The lowest BCUT2D eigenvalue weighted by molar-refractivity contribution is -0.152. The van der Waals surface area contributed by atoms with Gasteiger partial charge >= 0.3 is 17.9 Å². The van der Waals surface area contributed by atoms with Gasteiger partial charge < -0.3 is 15.6 Å². The number of nitrogens with two attached hydrogens (primary N) is 1. The fourth-order valence-corrected chi connectivity index (χ4v) is 0.433. The number of carbonyl (C=O) groups is 3. The second kappa shape index (κ2) is 5.25. The molecule has 12 heavy (non-hydrogen) atoms. The van der Waals surface area contributed by atoms with Gasteiger partial charge in [0.05, 0.1) is 19.4 Å². The van der Waals surface area contributed by atoms with Gasteiger partial charge in [0.25, 0.3) is 0 Å². The van der Waals surface area contributed by atoms with Crippen molar-refractivity contribution in [3.05, 3.63) is 0 Å². The number of ether oxygens (including phenoxy) is 1. The summed E-state index contributed by atoms with van der Waals surface area (Å²) in [5.74, 6) is -1.76. The predicted octanol–water partition coefficient (Wildman–Crippen LogP) is -1.12. The molecule has 3 N–H and O–H groups in total. The Morgan fingerprint density at radius 1 is 1.42 bits per heavy atom. The summed E-state index contributed by atoms with van der Waals surface area (Å²) >= 11 is 0. The highest BCUT2D eigenvalue weighted by atomic mass is 16.6. The summed E-state index contributed by atoms with van der Waals surface area (Å²) in [5.41, 5.74) is 4.57. The second-order valence-corrected chi connectivity index (χ2v) is 1.94. The minimum atomic E-state index is -0.968. The maximum atomic E-state index is 10.0. The summed E-state index contributed by atoms with van der Waals surface area (Å²) in [6.07, 6.45) is 0.525. The fraction of sp³-hybridized carbons (Fsp3) is 0.500. The zero-order chi connectivity index (χ0) is 9.56. The normalized spacial score (nSPS) is 14.8. The molecule has 1 fully saturated rings. The molecule has 1 aliphatic heterocycles. The lowest BCUT2D eigenvalue weighted by atomic mass is 10.4. The van der Waals surface area contributed by atoms with Crippen LogP contribution in [-0.2, 0) is 19.1 Å². The molecular weight excluding hydrogens is 166 g/mol. The van der Waals surface area contributed by atoms with Crippen LogP contribution < -0.4 is 5.73 Å². The van der Waals surface area contributed by atoms with E-state index >= 15 is 0 Å². The molecule has 0 aromatic rings. The molecule has 1 rings (SSSR count). The van der Waals surface area contributed by atoms with Gasteiger partial charge in [0.1, 0.15) is 0 Å². The molecular formula is C6H9NO5. The first-order valence-electron chi connectivity index (χ1n) is 3.21. The molecule has 6 nitrogen and oxygen atoms in total. The van der Waals surface area contributed by atoms with Gasteiger partial charge in [0, 0.05) is 0 Å². The Kier molecular flexibility index (Phi) is 4.62. The van der Waals surface area contributed by atoms with Crippen molar-refractivity contribution in [1.29, 1.82) is 0 Å². The Morgan fingerprint density at radius 3 is 1.83 bits per heavy atom. The average molecular weight is 175 g/mol. The van der Waals surface area contributed by atoms with Gasteiger partial charge in [-0.1, -0.05) is 0 Å². The van der Waals surface area contributed by atoms with Crippen molar-refractivity contribution in [2.24, 2.45) is 5.73 Å². The van der Waals surface area contributed by atoms with Gasteiger partial charge in [0.15, 0.2) is 0 Å². The SMILES string of the molecule is NCC(=O)O.O=C1CCC(=O)O1. The number of carbonyl (C=O) groups excluding carboxylic acids is 2. The van der Waals surface area contributed by atoms with Crippen molar-refractivity contribution in [3.8, 4) is 0 Å². The maximum Gasteiger partial charge on any atom is 0.317 e. The van der Waals surface area contributed by atoms with Crippen LogP contribution in [0.5, 0.6) is 0 Å². The molecule has 0 amide bonds. The number of cyclic esters (lactones) is 2. The van der Waals surface area contributed by atoms with Gasteiger partial charge in [-0.05, 0) is 0 Å². The number of carboxylic acid groups (broad SMARTS) is 1. The summed E-state index contributed by atoms with van der Waals surface area (Å²) in [7, 11) is 0. The standard InChI is InChI=1S/C4H4O3.C2H5NO2/c5-3-1-2-4(6)7-3;3-1-2(4)5/h1-2H2;1,3H2,(H,4,5). The van der Waals surface area contributed by atoms with E-state index in [0.29, 0.717) is 0 Å². The Labute approximate surface area is 68.3 Å². The lowest BCUT2D eigenvalue weighted by Gasteiger charge is -1.79. The minimum absolute atomic E-state index is 0.263. The third-order valence-electron chi connectivity index (χ3n) is 0.936. The Morgan fingerprint density at radius 2 is 1.75 bits per heavy atom. The van der Waals surface area contributed by atoms with Crippen LogP contribution in [0.4, 0.5) is 0 Å². The molecule has 0 atom stereocenters. The molecule has 0 radical (unpaired) electrons. The molecule has 0 spiro atoms. The van der Waals surface area contributed by atoms with Crippen LogP contribution in [0.1, 0.15) is 12.8 Å². The molecule has 0 bridgehead atoms. The predicted molar refractivity (Wildman–Crippen MR) is 37.0 cm³/mol. The smallest absolute Gasteiger partial charge is 0.317 e. The lowest BCUT2D eigenvalue weighted by Crippen LogP contribution is -2.10. The third-order valence-corrected chi connectivity index (χ3v) is 0.936. The highest BCUT2D eigenvalue weighted by Gasteiger charge is 2.19. The van der Waals surface area contributed by atoms with Crippen molar-refractivity contribution < 1.29 is 24.2 Å². The van der Waals surface area contributed by atoms with E-state index in [9.17, 15) is 14.4 Å². The first-order chi connectivity index (χ1) is 5.56. The molecule has 0 aromatic carbocycles. The number of carboxylic acids is 1. The summed E-state index contributed by atoms with van der Waals surface area (Å²) in [6.45, 7) is -0.278. The van der Waals surface area contributed by atoms with E-state index in [4.69, 9.17) is 5.11 Å². The van der Waals surface area contributed by atoms with E-state index in [0.717, 1.165) is 0 Å². The monoisotopic (exact) mass is 175 g/mol. The van der Waals surface area contributed by atoms with Crippen LogP contribution in [0, 0.1) is 0 Å². The third kappa shape index (κ3) is 5.36. The van der Waals surface area contributed by atoms with E-state index in [1.165, 1.54) is 0 Å². The number of hydrogen-bond acceptors (Lipinski definition) is 5. The molecule has 6 heteroatoms. The van der Waals surface area contributed by atoms with Gasteiger partial charge in [-0.25, -0.2) is 0 Å². The summed E-state index contributed by atoms with van der Waals surface area (Å²) in [6, 6.07) is 0. The average Bonchev–Trinajstić information content (AvgIpc) is 2.36. The number of hydrogen-bond donors (Lipinski definition) is 2. The molecule has 0 unspecified atom stereocenters. The first-order valence-corrected chi connectivity index (χ1v) is 3.21. The molecule has 0 saturated carbocycles. The first kappa shape index (κ1) is 10.6. The van der Waals surface area contributed by atoms with Crippen molar-refractivity contribution in [3.63, 3.8) is 0 Å². The van der Waals surface area contributed by atoms with Crippen molar-refractivity contribution >= 4 is 17.9 Å². The zero-order valence-electron chi connectivity index (χ0n) is 6.28. The summed E-state index contributed by atoms with van der Waals surface area (Å²) < 4.78 is 4.08. The van der Waals surface area contributed by atoms with Crippen molar-refractivity contribution in [2.75, 3.05) is 6.54 Å². The largest absolute Gasteiger partial charge is 0.480 e. The van der Waals surface area contributed by atoms with Gasteiger partial charge in [-0.2, -0.15) is 0 Å². The van der Waals surface area contributed by atoms with Crippen LogP contribution in [-0.4, -0.2) is 29.6 Å². The minimum Gasteiger partial charge on any atom is -0.480 e. The van der Waals surface area contributed by atoms with E-state index in [1.54, 1.807) is 0 Å². The van der Waals surface area contributed by atoms with Crippen LogP contribution >= 0.6 is 0 Å². The Bertz CT molecular complexity index is 186. The van der Waals surface area contributed by atoms with E-state index in [1.807, 2.05) is 0 Å². The molecule has 1 heterocycles. The van der Waals surface area contributed by atoms with Crippen molar-refractivity contribution in [2.45, 2.75) is 12.8 Å². The quantitative estimate of drug-likeness (QED) is 0.386. The van der Waals surface area contributed by atoms with Crippen LogP contribution in [0.25, 0.3) is 0 Å². The van der Waals surface area contributed by atoms with Crippen LogP contribution in [0.15, 0.2) is 0 Å². The number of rotatable bonds is 1. The van der Waals surface area contributed by atoms with Gasteiger partial charge in [-0.3, -0.25) is 14.4 Å². The summed E-state index contributed by atoms with van der Waals surface area (Å²) in [5, 5.41) is 7.60. The number of aliphatic carboxylic acids is 1. The van der Waals surface area contributed by atoms with E-state index in [2.05, 4.69) is 10.5 Å². The summed E-state index contributed by atoms with van der Waals surface area (Å²) in [4.78, 5) is 29.3. The van der Waals surface area contributed by atoms with Gasteiger partial charge in [0.2, 0.25) is 0 Å². The Hall–Kier alpha value is -1.43. The van der Waals surface area contributed by atoms with E-state index < -0.39 is 17.9 Å². The number of esters is 2. The van der Waals surface area contributed by atoms with Gasteiger partial charge in [-0.15, -0.1) is 0 Å². The zero-order valence-corrected chi connectivity index (χ0v) is 6.28. The topological polar surface area (TPSA) is 107 Å². The molecule has 1 saturated heterocycles. The fourth-order valence-electron chi connectivity index (χ4n) is 0.433. The highest BCUT2D eigenvalue weighted by molar-refractivity contribution is 5.92. The van der Waals surface area contributed by atoms with Crippen molar-refractivity contribution in [1.82, 2.24) is 0 Å².